The van der Waals surface area contributed by atoms with Crippen LogP contribution < -0.4 is 10.1 Å². The number of carbonyl (C=O) groups is 2. The summed E-state index contributed by atoms with van der Waals surface area (Å²) in [6.07, 6.45) is 0. The summed E-state index contributed by atoms with van der Waals surface area (Å²) < 4.78 is 18.0. The van der Waals surface area contributed by atoms with Gasteiger partial charge in [0, 0.05) is 5.69 Å². The van der Waals surface area contributed by atoms with Crippen LogP contribution in [0.15, 0.2) is 48.5 Å². The van der Waals surface area contributed by atoms with E-state index in [2.05, 4.69) is 5.32 Å². The number of nitrogens with zero attached hydrogens (tertiary/aromatic N) is 1. The summed E-state index contributed by atoms with van der Waals surface area (Å²) in [6.45, 7) is 1.41. The number of nitrogens with one attached hydrogen (secondary N) is 1. The number of Topliss-reactive ketones (excluding diaryl/α,β-unsaturated/α-hetero) is 1. The topological polar surface area (TPSA) is 79.2 Å². The van der Waals surface area contributed by atoms with Gasteiger partial charge in [-0.05, 0) is 48.9 Å². The number of halogens is 1. The van der Waals surface area contributed by atoms with Crippen molar-refractivity contribution in [2.75, 3.05) is 11.9 Å². The fraction of sp³-hybridized carbons (Fsp3) is 0.167. The predicted molar refractivity (Wildman–Crippen MR) is 85.8 cm³/mol. The van der Waals surface area contributed by atoms with E-state index in [1.165, 1.54) is 24.3 Å². The quantitative estimate of drug-likeness (QED) is 0.828. The van der Waals surface area contributed by atoms with Crippen LogP contribution in [-0.2, 0) is 9.59 Å². The third-order valence-electron chi connectivity index (χ3n) is 3.19. The number of hydrogen-bond donors (Lipinski definition) is 1. The molecule has 5 nitrogen and oxygen atoms in total. The largest absolute Gasteiger partial charge is 0.486 e. The average Bonchev–Trinajstić information content (AvgIpc) is 2.55. The molecule has 122 valence electrons. The van der Waals surface area contributed by atoms with Gasteiger partial charge in [0.05, 0.1) is 6.07 Å². The normalized spacial score (nSPS) is 11.2. The number of benzene rings is 2. The van der Waals surface area contributed by atoms with Gasteiger partial charge >= 0.3 is 0 Å². The first-order valence-electron chi connectivity index (χ1n) is 7.18. The predicted octanol–water partition coefficient (Wildman–Crippen LogP) is 2.86. The number of carbonyl (C=O) groups excluding carboxylic acids is 2. The van der Waals surface area contributed by atoms with E-state index in [1.54, 1.807) is 24.3 Å². The van der Waals surface area contributed by atoms with E-state index >= 15 is 0 Å². The lowest BCUT2D eigenvalue weighted by molar-refractivity contribution is -0.130. The van der Waals surface area contributed by atoms with E-state index in [-0.39, 0.29) is 5.75 Å². The van der Waals surface area contributed by atoms with E-state index in [9.17, 15) is 14.0 Å². The van der Waals surface area contributed by atoms with Crippen LogP contribution in [0.5, 0.6) is 5.75 Å². The summed E-state index contributed by atoms with van der Waals surface area (Å²) in [5.74, 6) is -3.02. The zero-order chi connectivity index (χ0) is 17.5. The minimum absolute atomic E-state index is 0.278. The highest BCUT2D eigenvalue weighted by molar-refractivity contribution is 6.09. The van der Waals surface area contributed by atoms with Gasteiger partial charge in [0.15, 0.2) is 11.7 Å². The van der Waals surface area contributed by atoms with Crippen LogP contribution in [0.2, 0.25) is 0 Å². The molecule has 0 radical (unpaired) electrons. The first-order chi connectivity index (χ1) is 11.5. The number of rotatable bonds is 6. The number of amides is 1. The van der Waals surface area contributed by atoms with Crippen LogP contribution in [0.25, 0.3) is 0 Å². The van der Waals surface area contributed by atoms with E-state index in [1.807, 2.05) is 13.0 Å². The number of anilines is 1. The van der Waals surface area contributed by atoms with Gasteiger partial charge in [-0.25, -0.2) is 4.39 Å². The number of ether oxygens (including phenoxy) is 1. The molecule has 1 atom stereocenters. The molecule has 2 aromatic rings. The molecule has 0 fully saturated rings. The second kappa shape index (κ2) is 7.88. The molecule has 0 aliphatic carbocycles. The van der Waals surface area contributed by atoms with Gasteiger partial charge in [-0.15, -0.1) is 0 Å². The Morgan fingerprint density at radius 3 is 2.58 bits per heavy atom. The van der Waals surface area contributed by atoms with Crippen molar-refractivity contribution in [3.63, 3.8) is 0 Å². The fourth-order valence-electron chi connectivity index (χ4n) is 1.98. The van der Waals surface area contributed by atoms with Crippen LogP contribution in [0, 0.1) is 30.0 Å². The van der Waals surface area contributed by atoms with E-state index in [0.29, 0.717) is 5.69 Å². The molecule has 0 aliphatic heterocycles. The van der Waals surface area contributed by atoms with E-state index < -0.39 is 30.0 Å². The van der Waals surface area contributed by atoms with Crippen molar-refractivity contribution in [2.24, 2.45) is 5.92 Å². The smallest absolute Gasteiger partial charge is 0.249 e. The molecule has 0 aliphatic rings. The SMILES string of the molecule is Cc1cccc(NC(=O)[C@@H](C#N)C(=O)COc2ccc(F)cc2)c1. The Morgan fingerprint density at radius 2 is 1.96 bits per heavy atom. The first-order valence-corrected chi connectivity index (χ1v) is 7.18. The van der Waals surface area contributed by atoms with Gasteiger partial charge in [-0.3, -0.25) is 9.59 Å². The van der Waals surface area contributed by atoms with Gasteiger partial charge in [-0.1, -0.05) is 12.1 Å². The highest BCUT2D eigenvalue weighted by Crippen LogP contribution is 2.13. The Hall–Kier alpha value is -3.20. The maximum atomic E-state index is 12.8. The molecule has 2 aromatic carbocycles. The number of hydrogen-bond acceptors (Lipinski definition) is 4. The number of ketones is 1. The minimum Gasteiger partial charge on any atom is -0.486 e. The fourth-order valence-corrected chi connectivity index (χ4v) is 1.98. The third-order valence-corrected chi connectivity index (χ3v) is 3.19. The van der Waals surface area contributed by atoms with E-state index in [0.717, 1.165) is 5.56 Å². The molecule has 6 heteroatoms. The van der Waals surface area contributed by atoms with Crippen molar-refractivity contribution >= 4 is 17.4 Å². The van der Waals surface area contributed by atoms with Gasteiger partial charge < -0.3 is 10.1 Å². The van der Waals surface area contributed by atoms with Crippen LogP contribution in [0.4, 0.5) is 10.1 Å². The van der Waals surface area contributed by atoms with Crippen molar-refractivity contribution in [3.8, 4) is 11.8 Å². The monoisotopic (exact) mass is 326 g/mol. The Kier molecular flexibility index (Phi) is 5.63. The molecule has 0 unspecified atom stereocenters. The van der Waals surface area contributed by atoms with Crippen molar-refractivity contribution in [1.82, 2.24) is 0 Å². The van der Waals surface area contributed by atoms with Crippen LogP contribution >= 0.6 is 0 Å². The summed E-state index contributed by atoms with van der Waals surface area (Å²) in [5, 5.41) is 11.6. The van der Waals surface area contributed by atoms with Crippen molar-refractivity contribution < 1.29 is 18.7 Å². The average molecular weight is 326 g/mol. The Bertz CT molecular complexity index is 782. The maximum absolute atomic E-state index is 12.8. The second-order valence-electron chi connectivity index (χ2n) is 5.13. The molecule has 0 saturated carbocycles. The molecular weight excluding hydrogens is 311 g/mol. The zero-order valence-electron chi connectivity index (χ0n) is 13.0. The standard InChI is InChI=1S/C18H15FN2O3/c1-12-3-2-4-14(9-12)21-18(23)16(10-20)17(22)11-24-15-7-5-13(19)6-8-15/h2-9,16H,11H2,1H3,(H,21,23)/t16-/m0/s1. The van der Waals surface area contributed by atoms with Crippen LogP contribution in [0.3, 0.4) is 0 Å². The lowest BCUT2D eigenvalue weighted by Crippen LogP contribution is -2.31. The Balaban J connectivity index is 1.96. The molecule has 0 heterocycles. The lowest BCUT2D eigenvalue weighted by Gasteiger charge is -2.11. The zero-order valence-corrected chi connectivity index (χ0v) is 13.0. The molecular formula is C18H15FN2O3. The number of aryl methyl sites for hydroxylation is 1. The van der Waals surface area contributed by atoms with E-state index in [4.69, 9.17) is 10.00 Å². The van der Waals surface area contributed by atoms with Crippen LogP contribution in [-0.4, -0.2) is 18.3 Å². The van der Waals surface area contributed by atoms with Gasteiger partial charge in [0.1, 0.15) is 18.2 Å². The summed E-state index contributed by atoms with van der Waals surface area (Å²) >= 11 is 0. The number of nitriles is 1. The maximum Gasteiger partial charge on any atom is 0.249 e. The molecule has 1 N–H and O–H groups in total. The van der Waals surface area contributed by atoms with Gasteiger partial charge in [-0.2, -0.15) is 5.26 Å². The Labute approximate surface area is 138 Å². The summed E-state index contributed by atoms with van der Waals surface area (Å²) in [4.78, 5) is 24.1. The lowest BCUT2D eigenvalue weighted by atomic mass is 10.1. The van der Waals surface area contributed by atoms with Crippen molar-refractivity contribution in [1.29, 1.82) is 5.26 Å². The highest BCUT2D eigenvalue weighted by atomic mass is 19.1. The van der Waals surface area contributed by atoms with Gasteiger partial charge in [0.2, 0.25) is 5.91 Å². The van der Waals surface area contributed by atoms with Crippen molar-refractivity contribution in [2.45, 2.75) is 6.92 Å². The van der Waals surface area contributed by atoms with Gasteiger partial charge in [0.25, 0.3) is 0 Å². The molecule has 1 amide bonds. The third kappa shape index (κ3) is 4.65. The summed E-state index contributed by atoms with van der Waals surface area (Å²) in [6, 6.07) is 13.8. The molecule has 0 saturated heterocycles. The highest BCUT2D eigenvalue weighted by Gasteiger charge is 2.26. The second-order valence-corrected chi connectivity index (χ2v) is 5.13. The molecule has 2 rings (SSSR count). The molecule has 0 bridgehead atoms. The molecule has 24 heavy (non-hydrogen) atoms. The van der Waals surface area contributed by atoms with Crippen LogP contribution in [0.1, 0.15) is 5.56 Å². The summed E-state index contributed by atoms with van der Waals surface area (Å²) in [7, 11) is 0. The minimum atomic E-state index is -1.48. The Morgan fingerprint density at radius 1 is 1.25 bits per heavy atom. The summed E-state index contributed by atoms with van der Waals surface area (Å²) in [5.41, 5.74) is 1.44. The molecule has 0 aromatic heterocycles. The first kappa shape index (κ1) is 17.2. The molecule has 0 spiro atoms. The van der Waals surface area contributed by atoms with Crippen molar-refractivity contribution in [3.05, 3.63) is 59.9 Å².